The van der Waals surface area contributed by atoms with Gasteiger partial charge in [-0.25, -0.2) is 17.5 Å². The lowest BCUT2D eigenvalue weighted by molar-refractivity contribution is 0.581. The Morgan fingerprint density at radius 2 is 1.96 bits per heavy atom. The van der Waals surface area contributed by atoms with E-state index in [1.165, 1.54) is 12.1 Å². The van der Waals surface area contributed by atoms with Crippen LogP contribution in [-0.4, -0.2) is 46.3 Å². The highest BCUT2D eigenvalue weighted by molar-refractivity contribution is 14.0. The van der Waals surface area contributed by atoms with Crippen LogP contribution < -0.4 is 15.4 Å². The number of rotatable bonds is 10. The number of guanidine groups is 1. The van der Waals surface area contributed by atoms with E-state index in [1.807, 2.05) is 13.0 Å². The van der Waals surface area contributed by atoms with Gasteiger partial charge in [0.2, 0.25) is 10.0 Å². The van der Waals surface area contributed by atoms with Gasteiger partial charge in [0.1, 0.15) is 5.82 Å². The molecule has 0 bridgehead atoms. The molecule has 1 rings (SSSR count). The maximum Gasteiger partial charge on any atom is 0.211 e. The number of hydrogen-bond donors (Lipinski definition) is 3. The predicted octanol–water partition coefficient (Wildman–Crippen LogP) is 1.87. The molecule has 0 amide bonds. The van der Waals surface area contributed by atoms with Gasteiger partial charge >= 0.3 is 0 Å². The van der Waals surface area contributed by atoms with Crippen molar-refractivity contribution in [1.29, 1.82) is 0 Å². The highest BCUT2D eigenvalue weighted by Gasteiger charge is 2.04. The van der Waals surface area contributed by atoms with E-state index in [9.17, 15) is 12.8 Å². The summed E-state index contributed by atoms with van der Waals surface area (Å²) in [6.45, 7) is 5.83. The summed E-state index contributed by atoms with van der Waals surface area (Å²) in [6, 6.07) is 6.52. The highest BCUT2D eigenvalue weighted by Crippen LogP contribution is 2.03. The molecule has 0 aliphatic rings. The second kappa shape index (κ2) is 13.3. The Kier molecular flexibility index (Phi) is 12.8. The maximum absolute atomic E-state index is 13.1. The van der Waals surface area contributed by atoms with E-state index in [0.29, 0.717) is 38.4 Å². The number of aliphatic imine (C=N–C) groups is 1. The summed E-state index contributed by atoms with van der Waals surface area (Å²) in [6.07, 6.45) is 1.32. The molecule has 0 heterocycles. The molecule has 0 radical (unpaired) electrons. The van der Waals surface area contributed by atoms with E-state index in [1.54, 1.807) is 13.0 Å². The Balaban J connectivity index is 0.00000576. The summed E-state index contributed by atoms with van der Waals surface area (Å²) in [5.74, 6) is 0.524. The van der Waals surface area contributed by atoms with Crippen molar-refractivity contribution in [1.82, 2.24) is 15.4 Å². The van der Waals surface area contributed by atoms with Gasteiger partial charge in [-0.1, -0.05) is 12.1 Å². The second-order valence-electron chi connectivity index (χ2n) is 5.22. The van der Waals surface area contributed by atoms with Crippen molar-refractivity contribution in [3.05, 3.63) is 35.6 Å². The van der Waals surface area contributed by atoms with Crippen LogP contribution >= 0.6 is 24.0 Å². The molecule has 0 fully saturated rings. The molecule has 9 heteroatoms. The Hall–Kier alpha value is -0.940. The average Bonchev–Trinajstić information content (AvgIpc) is 2.54. The van der Waals surface area contributed by atoms with E-state index >= 15 is 0 Å². The van der Waals surface area contributed by atoms with Crippen molar-refractivity contribution < 1.29 is 12.8 Å². The molecule has 0 aliphatic carbocycles. The minimum absolute atomic E-state index is 0. The second-order valence-corrected chi connectivity index (χ2v) is 7.31. The van der Waals surface area contributed by atoms with Gasteiger partial charge in [-0.3, -0.25) is 4.99 Å². The summed E-state index contributed by atoms with van der Waals surface area (Å²) in [5, 5.41) is 6.31. The molecule has 0 saturated carbocycles. The van der Waals surface area contributed by atoms with Gasteiger partial charge < -0.3 is 10.6 Å². The van der Waals surface area contributed by atoms with Gasteiger partial charge in [0.15, 0.2) is 5.96 Å². The Bertz CT molecular complexity index is 626. The number of nitrogens with one attached hydrogen (secondary N) is 3. The first-order valence-corrected chi connectivity index (χ1v) is 9.86. The van der Waals surface area contributed by atoms with Crippen molar-refractivity contribution in [2.45, 2.75) is 26.7 Å². The summed E-state index contributed by atoms with van der Waals surface area (Å²) < 4.78 is 38.2. The van der Waals surface area contributed by atoms with Gasteiger partial charge in [-0.2, -0.15) is 0 Å². The topological polar surface area (TPSA) is 82.6 Å². The third kappa shape index (κ3) is 11.3. The van der Waals surface area contributed by atoms with Gasteiger partial charge in [0.25, 0.3) is 0 Å². The molecule has 1 aromatic carbocycles. The molecule has 0 spiro atoms. The van der Waals surface area contributed by atoms with Crippen LogP contribution in [-0.2, 0) is 16.4 Å². The van der Waals surface area contributed by atoms with E-state index < -0.39 is 10.0 Å². The van der Waals surface area contributed by atoms with Crippen molar-refractivity contribution in [3.8, 4) is 0 Å². The molecule has 0 aliphatic heterocycles. The zero-order valence-electron chi connectivity index (χ0n) is 14.7. The Morgan fingerprint density at radius 3 is 2.60 bits per heavy atom. The van der Waals surface area contributed by atoms with Crippen molar-refractivity contribution in [3.63, 3.8) is 0 Å². The van der Waals surface area contributed by atoms with E-state index in [-0.39, 0.29) is 35.5 Å². The van der Waals surface area contributed by atoms with Gasteiger partial charge in [0, 0.05) is 26.2 Å². The number of sulfonamides is 1. The van der Waals surface area contributed by atoms with Crippen LogP contribution in [0.3, 0.4) is 0 Å². The smallest absolute Gasteiger partial charge is 0.211 e. The number of halogens is 2. The van der Waals surface area contributed by atoms with E-state index in [0.717, 1.165) is 12.1 Å². The van der Waals surface area contributed by atoms with Crippen molar-refractivity contribution in [2.24, 2.45) is 4.99 Å². The minimum atomic E-state index is -3.14. The summed E-state index contributed by atoms with van der Waals surface area (Å²) in [7, 11) is -3.14. The van der Waals surface area contributed by atoms with Crippen LogP contribution in [0.4, 0.5) is 4.39 Å². The zero-order valence-corrected chi connectivity index (χ0v) is 17.9. The summed E-state index contributed by atoms with van der Waals surface area (Å²) in [5.41, 5.74) is 0.923. The molecule has 0 unspecified atom stereocenters. The van der Waals surface area contributed by atoms with Gasteiger partial charge in [-0.05, 0) is 44.4 Å². The molecular weight excluding hydrogens is 458 g/mol. The van der Waals surface area contributed by atoms with Crippen LogP contribution in [0.2, 0.25) is 0 Å². The molecule has 0 atom stereocenters. The monoisotopic (exact) mass is 486 g/mol. The Morgan fingerprint density at radius 1 is 1.20 bits per heavy atom. The lowest BCUT2D eigenvalue weighted by atomic mass is 10.1. The third-order valence-corrected chi connectivity index (χ3v) is 4.65. The molecule has 25 heavy (non-hydrogen) atoms. The largest absolute Gasteiger partial charge is 0.357 e. The van der Waals surface area contributed by atoms with Crippen molar-refractivity contribution in [2.75, 3.05) is 31.9 Å². The van der Waals surface area contributed by atoms with Crippen LogP contribution in [0.15, 0.2) is 29.3 Å². The van der Waals surface area contributed by atoms with Crippen LogP contribution in [0, 0.1) is 5.82 Å². The number of nitrogens with zero attached hydrogens (tertiary/aromatic N) is 1. The van der Waals surface area contributed by atoms with Gasteiger partial charge in [0.05, 0.1) is 5.75 Å². The highest BCUT2D eigenvalue weighted by atomic mass is 127. The molecule has 6 nitrogen and oxygen atoms in total. The first-order chi connectivity index (χ1) is 11.5. The molecule has 1 aromatic rings. The van der Waals surface area contributed by atoms with Crippen molar-refractivity contribution >= 4 is 40.0 Å². The standard InChI is InChI=1S/C16H27FN4O2S.HI/c1-3-18-16(19-10-6-11-21-24(22,23)4-2)20-12-9-14-7-5-8-15(17)13-14;/h5,7-8,13,21H,3-4,6,9-12H2,1-2H3,(H2,18,19,20);1H. The fourth-order valence-electron chi connectivity index (χ4n) is 1.96. The fraction of sp³-hybridized carbons (Fsp3) is 0.562. The quantitative estimate of drug-likeness (QED) is 0.204. The minimum Gasteiger partial charge on any atom is -0.357 e. The predicted molar refractivity (Wildman–Crippen MR) is 112 cm³/mol. The first kappa shape index (κ1) is 24.1. The molecular formula is C16H28FIN4O2S. The first-order valence-electron chi connectivity index (χ1n) is 8.20. The number of hydrogen-bond acceptors (Lipinski definition) is 3. The molecule has 144 valence electrons. The Labute approximate surface area is 167 Å². The normalized spacial score (nSPS) is 11.7. The third-order valence-electron chi connectivity index (χ3n) is 3.25. The van der Waals surface area contributed by atoms with Crippen LogP contribution in [0.25, 0.3) is 0 Å². The zero-order chi connectivity index (χ0) is 17.8. The van der Waals surface area contributed by atoms with Gasteiger partial charge in [-0.15, -0.1) is 24.0 Å². The fourth-order valence-corrected chi connectivity index (χ4v) is 2.62. The maximum atomic E-state index is 13.1. The SMILES string of the molecule is CCNC(=NCCCNS(=O)(=O)CC)NCCc1cccc(F)c1.I. The van der Waals surface area contributed by atoms with E-state index in [2.05, 4.69) is 20.3 Å². The summed E-state index contributed by atoms with van der Waals surface area (Å²) >= 11 is 0. The lowest BCUT2D eigenvalue weighted by Gasteiger charge is -2.11. The summed E-state index contributed by atoms with van der Waals surface area (Å²) in [4.78, 5) is 4.39. The van der Waals surface area contributed by atoms with Crippen LogP contribution in [0.1, 0.15) is 25.8 Å². The van der Waals surface area contributed by atoms with Crippen LogP contribution in [0.5, 0.6) is 0 Å². The molecule has 3 N–H and O–H groups in total. The molecule has 0 saturated heterocycles. The average molecular weight is 486 g/mol. The molecule has 0 aromatic heterocycles. The number of benzene rings is 1. The van der Waals surface area contributed by atoms with E-state index in [4.69, 9.17) is 0 Å². The lowest BCUT2D eigenvalue weighted by Crippen LogP contribution is -2.38.